The molecule has 0 heterocycles. The number of ether oxygens (including phenoxy) is 1. The molecule has 1 N–H and O–H groups in total. The average Bonchev–Trinajstić information content (AvgIpc) is 2.35. The van der Waals surface area contributed by atoms with E-state index in [0.29, 0.717) is 11.4 Å². The predicted octanol–water partition coefficient (Wildman–Crippen LogP) is 3.13. The van der Waals surface area contributed by atoms with E-state index in [1.807, 2.05) is 27.9 Å². The number of nitrogens with one attached hydrogen (secondary N) is 1. The molecular weight excluding hydrogens is 270 g/mol. The molecule has 21 heavy (non-hydrogen) atoms. The number of rotatable bonds is 8. The van der Waals surface area contributed by atoms with Crippen molar-refractivity contribution in [1.82, 2.24) is 4.90 Å². The van der Waals surface area contributed by atoms with Crippen LogP contribution in [0.1, 0.15) is 27.2 Å². The van der Waals surface area contributed by atoms with Gasteiger partial charge in [-0.3, -0.25) is 10.1 Å². The molecule has 0 aliphatic rings. The summed E-state index contributed by atoms with van der Waals surface area (Å²) in [5.74, 6) is 0.515. The summed E-state index contributed by atoms with van der Waals surface area (Å²) in [6.45, 7) is 6.81. The lowest BCUT2D eigenvalue weighted by atomic mass is 10.2. The van der Waals surface area contributed by atoms with Gasteiger partial charge in [0, 0.05) is 23.9 Å². The highest BCUT2D eigenvalue weighted by Crippen LogP contribution is 2.27. The summed E-state index contributed by atoms with van der Waals surface area (Å²) in [6, 6.07) is 5.02. The number of benzene rings is 1. The van der Waals surface area contributed by atoms with Crippen molar-refractivity contribution in [2.75, 3.05) is 26.0 Å². The zero-order valence-corrected chi connectivity index (χ0v) is 13.4. The van der Waals surface area contributed by atoms with Crippen LogP contribution in [0.25, 0.3) is 0 Å². The first-order valence-corrected chi connectivity index (χ1v) is 7.15. The largest absolute Gasteiger partial charge is 0.491 e. The smallest absolute Gasteiger partial charge is 0.275 e. The number of nitro benzene ring substituents is 1. The van der Waals surface area contributed by atoms with E-state index < -0.39 is 4.92 Å². The lowest BCUT2D eigenvalue weighted by molar-refractivity contribution is -0.384. The second kappa shape index (κ2) is 7.83. The van der Waals surface area contributed by atoms with Gasteiger partial charge >= 0.3 is 0 Å². The lowest BCUT2D eigenvalue weighted by Crippen LogP contribution is -2.23. The van der Waals surface area contributed by atoms with Gasteiger partial charge in [-0.1, -0.05) is 0 Å². The maximum atomic E-state index is 11.0. The topological polar surface area (TPSA) is 67.6 Å². The molecule has 6 heteroatoms. The van der Waals surface area contributed by atoms with Gasteiger partial charge in [0.1, 0.15) is 5.75 Å². The molecule has 0 saturated carbocycles. The average molecular weight is 295 g/mol. The first kappa shape index (κ1) is 17.2. The second-order valence-corrected chi connectivity index (χ2v) is 5.78. The van der Waals surface area contributed by atoms with Gasteiger partial charge in [-0.2, -0.15) is 0 Å². The van der Waals surface area contributed by atoms with Crippen LogP contribution in [0.2, 0.25) is 0 Å². The van der Waals surface area contributed by atoms with Crippen molar-refractivity contribution in [2.24, 2.45) is 0 Å². The van der Waals surface area contributed by atoms with E-state index in [1.165, 1.54) is 6.07 Å². The molecule has 0 aliphatic carbocycles. The molecule has 0 amide bonds. The van der Waals surface area contributed by atoms with Gasteiger partial charge in [-0.25, -0.2) is 0 Å². The van der Waals surface area contributed by atoms with E-state index in [4.69, 9.17) is 4.74 Å². The minimum atomic E-state index is -0.400. The molecule has 1 rings (SSSR count). The van der Waals surface area contributed by atoms with Crippen LogP contribution in [-0.2, 0) is 0 Å². The third-order valence-electron chi connectivity index (χ3n) is 2.90. The van der Waals surface area contributed by atoms with E-state index in [9.17, 15) is 10.1 Å². The molecule has 0 radical (unpaired) electrons. The standard InChI is InChI=1S/C15H25N3O3/c1-11(2)21-15-9-13(8-14(10-15)18(19)20)16-12(3)6-7-17(4)5/h8-12,16H,6-7H2,1-5H3. The van der Waals surface area contributed by atoms with Crippen molar-refractivity contribution >= 4 is 11.4 Å². The Morgan fingerprint density at radius 2 is 1.95 bits per heavy atom. The van der Waals surface area contributed by atoms with Gasteiger partial charge in [0.15, 0.2) is 0 Å². The SMILES string of the molecule is CC(CCN(C)C)Nc1cc(OC(C)C)cc([N+](=O)[O-])c1. The Kier molecular flexibility index (Phi) is 6.42. The van der Waals surface area contributed by atoms with Crippen LogP contribution >= 0.6 is 0 Å². The van der Waals surface area contributed by atoms with Crippen molar-refractivity contribution in [3.05, 3.63) is 28.3 Å². The number of non-ortho nitro benzene ring substituents is 1. The van der Waals surface area contributed by atoms with Crippen LogP contribution in [0.5, 0.6) is 5.75 Å². The molecule has 0 fully saturated rings. The minimum absolute atomic E-state index is 0.0222. The quantitative estimate of drug-likeness (QED) is 0.589. The molecule has 0 spiro atoms. The Morgan fingerprint density at radius 1 is 1.29 bits per heavy atom. The molecule has 0 aromatic heterocycles. The summed E-state index contributed by atoms with van der Waals surface area (Å²) in [5.41, 5.74) is 0.751. The number of anilines is 1. The number of hydrogen-bond donors (Lipinski definition) is 1. The van der Waals surface area contributed by atoms with Crippen molar-refractivity contribution in [1.29, 1.82) is 0 Å². The lowest BCUT2D eigenvalue weighted by Gasteiger charge is -2.18. The molecule has 0 bridgehead atoms. The first-order chi connectivity index (χ1) is 9.77. The van der Waals surface area contributed by atoms with Crippen molar-refractivity contribution < 1.29 is 9.66 Å². The first-order valence-electron chi connectivity index (χ1n) is 7.15. The monoisotopic (exact) mass is 295 g/mol. The highest BCUT2D eigenvalue weighted by Gasteiger charge is 2.13. The van der Waals surface area contributed by atoms with E-state index >= 15 is 0 Å². The van der Waals surface area contributed by atoms with Crippen LogP contribution in [0.15, 0.2) is 18.2 Å². The third-order valence-corrected chi connectivity index (χ3v) is 2.90. The zero-order chi connectivity index (χ0) is 16.0. The van der Waals surface area contributed by atoms with E-state index in [-0.39, 0.29) is 17.8 Å². The van der Waals surface area contributed by atoms with Gasteiger partial charge in [0.2, 0.25) is 0 Å². The Balaban J connectivity index is 2.84. The van der Waals surface area contributed by atoms with Crippen molar-refractivity contribution in [3.8, 4) is 5.75 Å². The number of hydrogen-bond acceptors (Lipinski definition) is 5. The van der Waals surface area contributed by atoms with Gasteiger partial charge < -0.3 is 15.0 Å². The second-order valence-electron chi connectivity index (χ2n) is 5.78. The van der Waals surface area contributed by atoms with E-state index in [1.54, 1.807) is 12.1 Å². The molecule has 1 unspecified atom stereocenters. The summed E-state index contributed by atoms with van der Waals surface area (Å²) in [4.78, 5) is 12.7. The fraction of sp³-hybridized carbons (Fsp3) is 0.600. The highest BCUT2D eigenvalue weighted by atomic mass is 16.6. The molecule has 0 saturated heterocycles. The maximum absolute atomic E-state index is 11.0. The maximum Gasteiger partial charge on any atom is 0.275 e. The van der Waals surface area contributed by atoms with Gasteiger partial charge in [-0.05, 0) is 47.8 Å². The molecule has 6 nitrogen and oxygen atoms in total. The number of nitro groups is 1. The summed E-state index contributed by atoms with van der Waals surface area (Å²) < 4.78 is 5.57. The molecule has 118 valence electrons. The number of nitrogens with zero attached hydrogens (tertiary/aromatic N) is 2. The van der Waals surface area contributed by atoms with Crippen LogP contribution in [-0.4, -0.2) is 42.6 Å². The normalized spacial score (nSPS) is 12.5. The molecule has 1 atom stereocenters. The van der Waals surface area contributed by atoms with Crippen LogP contribution in [0.3, 0.4) is 0 Å². The van der Waals surface area contributed by atoms with Crippen molar-refractivity contribution in [3.63, 3.8) is 0 Å². The summed E-state index contributed by atoms with van der Waals surface area (Å²) in [6.07, 6.45) is 0.932. The molecule has 0 aliphatic heterocycles. The Labute approximate surface area is 126 Å². The fourth-order valence-corrected chi connectivity index (χ4v) is 1.92. The molecular formula is C15H25N3O3. The summed E-state index contributed by atoms with van der Waals surface area (Å²) in [5, 5.41) is 14.3. The highest BCUT2D eigenvalue weighted by molar-refractivity contribution is 5.56. The summed E-state index contributed by atoms with van der Waals surface area (Å²) >= 11 is 0. The van der Waals surface area contributed by atoms with Gasteiger partial charge in [-0.15, -0.1) is 0 Å². The third kappa shape index (κ3) is 6.44. The molecule has 1 aromatic rings. The molecule has 1 aromatic carbocycles. The Hall–Kier alpha value is -1.82. The van der Waals surface area contributed by atoms with E-state index in [0.717, 1.165) is 13.0 Å². The summed E-state index contributed by atoms with van der Waals surface area (Å²) in [7, 11) is 4.04. The van der Waals surface area contributed by atoms with Gasteiger partial charge in [0.25, 0.3) is 5.69 Å². The van der Waals surface area contributed by atoms with Crippen LogP contribution in [0, 0.1) is 10.1 Å². The van der Waals surface area contributed by atoms with E-state index in [2.05, 4.69) is 17.1 Å². The van der Waals surface area contributed by atoms with Crippen LogP contribution < -0.4 is 10.1 Å². The zero-order valence-electron chi connectivity index (χ0n) is 13.4. The van der Waals surface area contributed by atoms with Gasteiger partial charge in [0.05, 0.1) is 17.1 Å². The Morgan fingerprint density at radius 3 is 2.48 bits per heavy atom. The predicted molar refractivity (Wildman–Crippen MR) is 85.1 cm³/mol. The van der Waals surface area contributed by atoms with Crippen LogP contribution in [0.4, 0.5) is 11.4 Å². The minimum Gasteiger partial charge on any atom is -0.491 e. The Bertz CT molecular complexity index is 475. The van der Waals surface area contributed by atoms with Crippen molar-refractivity contribution in [2.45, 2.75) is 39.3 Å². The fourth-order valence-electron chi connectivity index (χ4n) is 1.92.